The predicted molar refractivity (Wildman–Crippen MR) is 489 cm³/mol. The highest BCUT2D eigenvalue weighted by Gasteiger charge is 2.07. The largest absolute Gasteiger partial charge is 0.256 e. The Kier molecular flexibility index (Phi) is 28.5. The highest BCUT2D eigenvalue weighted by atomic mass is 14.8. The fourth-order valence-corrected chi connectivity index (χ4v) is 13.2. The Bertz CT molecular complexity index is 5510. The highest BCUT2D eigenvalue weighted by molar-refractivity contribution is 5.86. The van der Waals surface area contributed by atoms with Crippen LogP contribution < -0.4 is 0 Å². The van der Waals surface area contributed by atoms with Gasteiger partial charge in [0.05, 0.1) is 39.3 Å². The summed E-state index contributed by atoms with van der Waals surface area (Å²) in [4.78, 5) is 26.7. The lowest BCUT2D eigenvalue weighted by atomic mass is 9.97. The third-order valence-corrected chi connectivity index (χ3v) is 19.3. The lowest BCUT2D eigenvalue weighted by Gasteiger charge is -2.07. The normalized spacial score (nSPS) is 10.5. The molecule has 0 aliphatic heterocycles. The Morgan fingerprint density at radius 2 is 0.491 bits per heavy atom. The summed E-state index contributed by atoms with van der Waals surface area (Å²) in [5.74, 6) is 0. The number of benzene rings is 12. The molecular formula is C108H104N6. The fraction of sp³-hybridized carbons (Fsp3) is 0.148. The van der Waals surface area contributed by atoms with Crippen LogP contribution in [0.3, 0.4) is 0 Å². The summed E-state index contributed by atoms with van der Waals surface area (Å²) >= 11 is 0. The first kappa shape index (κ1) is 81.8. The molecule has 12 aromatic carbocycles. The Morgan fingerprint density at radius 3 is 1.00 bits per heavy atom. The van der Waals surface area contributed by atoms with Crippen molar-refractivity contribution in [1.82, 2.24) is 29.9 Å². The first-order chi connectivity index (χ1) is 55.0. The molecule has 0 amide bonds. The minimum Gasteiger partial charge on any atom is -0.256 e. The molecule has 18 aromatic rings. The molecule has 566 valence electrons. The summed E-state index contributed by atoms with van der Waals surface area (Å²) in [6.07, 6.45) is 3.72. The van der Waals surface area contributed by atoms with Gasteiger partial charge in [-0.2, -0.15) is 0 Å². The molecule has 114 heavy (non-hydrogen) atoms. The molecule has 0 radical (unpaired) electrons. The molecule has 18 rings (SSSR count). The maximum absolute atomic E-state index is 4.80. The van der Waals surface area contributed by atoms with Gasteiger partial charge in [0.1, 0.15) is 0 Å². The number of rotatable bonds is 5. The summed E-state index contributed by atoms with van der Waals surface area (Å²) in [6, 6.07) is 115. The number of fused-ring (bicyclic) bond motifs is 5. The van der Waals surface area contributed by atoms with E-state index in [-0.39, 0.29) is 0 Å². The molecule has 6 aromatic heterocycles. The first-order valence-corrected chi connectivity index (χ1v) is 39.2. The van der Waals surface area contributed by atoms with Gasteiger partial charge in [0.15, 0.2) is 0 Å². The van der Waals surface area contributed by atoms with Crippen molar-refractivity contribution in [2.24, 2.45) is 0 Å². The number of nitrogens with zero attached hydrogens (tertiary/aromatic N) is 6. The molecule has 0 bridgehead atoms. The monoisotopic (exact) mass is 1480 g/mol. The zero-order chi connectivity index (χ0) is 80.6. The summed E-state index contributed by atoms with van der Waals surface area (Å²) in [6.45, 7) is 33.4. The molecule has 0 saturated heterocycles. The smallest absolute Gasteiger partial charge is 0.0889 e. The number of hydrogen-bond donors (Lipinski definition) is 0. The van der Waals surface area contributed by atoms with Crippen LogP contribution in [0.25, 0.3) is 110 Å². The topological polar surface area (TPSA) is 77.3 Å². The standard InChI is InChI=1S/C20H18.C19H17N.C12H12N2.2C12H12.3C11H11N/c1-15-6-3-8-17(12-15)19-10-5-11-20(14-19)18-9-4-7-16(2)13-18;1-14-6-3-8-16(12-14)18-10-5-11-19(20-18)17-9-4-7-15(2)13-17;1-9-6-7-13-12(8-9)11-5-3-4-10(2)14-11;1-9-3-5-12-8-10(2)4-6-11(12)7-9;1-9-3-5-11-6-4-10(2)8-12(11)7-9;1-8-3-6-11-10(7-8)5-4-9(2)12-11;1-8-3-5-10-6-4-9(2)12-11(10)7-8;1-8-3-4-10-5-9(2)7-12-11(10)6-8/h3-14H,1-2H3;3-13H,1-2H3;3-8H,1-2H3;2*3-8H,1-2H3;3*3-7H,1-2H3. The molecule has 0 saturated carbocycles. The quantitative estimate of drug-likeness (QED) is 0.171. The summed E-state index contributed by atoms with van der Waals surface area (Å²) < 4.78 is 0. The third-order valence-electron chi connectivity index (χ3n) is 19.3. The van der Waals surface area contributed by atoms with E-state index in [2.05, 4.69) is 400 Å². The number of aryl methyl sites for hydroxylation is 16. The predicted octanol–water partition coefficient (Wildman–Crippen LogP) is 28.9. The summed E-state index contributed by atoms with van der Waals surface area (Å²) in [5.41, 5.74) is 34.4. The minimum absolute atomic E-state index is 0.939. The second kappa shape index (κ2) is 39.7. The van der Waals surface area contributed by atoms with Crippen LogP contribution in [-0.2, 0) is 0 Å². The van der Waals surface area contributed by atoms with Gasteiger partial charge in [0.25, 0.3) is 0 Å². The van der Waals surface area contributed by atoms with Crippen molar-refractivity contribution in [3.63, 3.8) is 0 Å². The van der Waals surface area contributed by atoms with Gasteiger partial charge < -0.3 is 0 Å². The molecule has 0 N–H and O–H groups in total. The van der Waals surface area contributed by atoms with E-state index < -0.39 is 0 Å². The molecule has 6 heterocycles. The van der Waals surface area contributed by atoms with E-state index in [1.54, 1.807) is 0 Å². The Hall–Kier alpha value is -13.2. The molecule has 0 atom stereocenters. The zero-order valence-electron chi connectivity index (χ0n) is 69.0. The lowest BCUT2D eigenvalue weighted by Crippen LogP contribution is -1.89. The average Bonchev–Trinajstić information content (AvgIpc) is 0.816. The third kappa shape index (κ3) is 24.4. The molecule has 0 fully saturated rings. The van der Waals surface area contributed by atoms with Gasteiger partial charge in [-0.25, -0.2) is 4.98 Å². The minimum atomic E-state index is 0.939. The second-order valence-electron chi connectivity index (χ2n) is 30.1. The van der Waals surface area contributed by atoms with Gasteiger partial charge in [-0.15, -0.1) is 0 Å². The van der Waals surface area contributed by atoms with E-state index in [1.165, 1.54) is 143 Å². The maximum Gasteiger partial charge on any atom is 0.0889 e. The van der Waals surface area contributed by atoms with Gasteiger partial charge >= 0.3 is 0 Å². The molecule has 6 heteroatoms. The van der Waals surface area contributed by atoms with Crippen LogP contribution in [0.15, 0.2) is 340 Å². The van der Waals surface area contributed by atoms with Crippen molar-refractivity contribution in [3.8, 4) is 56.2 Å². The molecule has 6 nitrogen and oxygen atoms in total. The highest BCUT2D eigenvalue weighted by Crippen LogP contribution is 2.29. The SMILES string of the molecule is Cc1ccc2cc(C)ccc2c1.Cc1ccc2ccc(C)cc2c1.Cc1ccc2ccc(C)nc2c1.Cc1ccc2nc(C)ccc2c1.Cc1cccc(-c2cccc(-c3cccc(C)c3)c2)c1.Cc1cccc(-c2cccc(-c3cccc(C)c3)n2)c1.Cc1ccnc(-c2cccc(C)n2)c1.Cc1cnc2cc(C)ccc2c1. The lowest BCUT2D eigenvalue weighted by molar-refractivity contribution is 1.17. The van der Waals surface area contributed by atoms with Crippen molar-refractivity contribution >= 4 is 54.3 Å². The van der Waals surface area contributed by atoms with Gasteiger partial charge in [-0.05, 0) is 274 Å². The van der Waals surface area contributed by atoms with Crippen molar-refractivity contribution < 1.29 is 0 Å². The average molecular weight is 1490 g/mol. The van der Waals surface area contributed by atoms with E-state index in [0.717, 1.165) is 56.4 Å². The molecule has 0 aliphatic rings. The van der Waals surface area contributed by atoms with Gasteiger partial charge in [0.2, 0.25) is 0 Å². The van der Waals surface area contributed by atoms with Crippen molar-refractivity contribution in [1.29, 1.82) is 0 Å². The zero-order valence-corrected chi connectivity index (χ0v) is 69.0. The van der Waals surface area contributed by atoms with E-state index in [1.807, 2.05) is 75.6 Å². The van der Waals surface area contributed by atoms with E-state index in [0.29, 0.717) is 0 Å². The van der Waals surface area contributed by atoms with Crippen LogP contribution in [0.5, 0.6) is 0 Å². The van der Waals surface area contributed by atoms with Crippen LogP contribution in [-0.4, -0.2) is 29.9 Å². The second-order valence-corrected chi connectivity index (χ2v) is 30.1. The molecular weight excluding hydrogens is 1380 g/mol. The molecule has 0 spiro atoms. The number of aromatic nitrogens is 6. The van der Waals surface area contributed by atoms with Crippen LogP contribution in [0.4, 0.5) is 0 Å². The Balaban J connectivity index is 0.000000130. The van der Waals surface area contributed by atoms with Gasteiger partial charge in [0, 0.05) is 56.8 Å². The molecule has 0 aliphatic carbocycles. The maximum atomic E-state index is 4.80. The summed E-state index contributed by atoms with van der Waals surface area (Å²) in [7, 11) is 0. The Labute approximate surface area is 676 Å². The number of pyridine rings is 6. The summed E-state index contributed by atoms with van der Waals surface area (Å²) in [5, 5.41) is 9.00. The van der Waals surface area contributed by atoms with Crippen LogP contribution in [0.1, 0.15) is 89.4 Å². The first-order valence-electron chi connectivity index (χ1n) is 39.2. The molecule has 0 unspecified atom stereocenters. The van der Waals surface area contributed by atoms with E-state index in [4.69, 9.17) is 4.98 Å². The van der Waals surface area contributed by atoms with Crippen molar-refractivity contribution in [3.05, 3.63) is 429 Å². The van der Waals surface area contributed by atoms with Crippen LogP contribution in [0, 0.1) is 111 Å². The van der Waals surface area contributed by atoms with Gasteiger partial charge in [-0.1, -0.05) is 281 Å². The van der Waals surface area contributed by atoms with Gasteiger partial charge in [-0.3, -0.25) is 24.9 Å². The van der Waals surface area contributed by atoms with E-state index >= 15 is 0 Å². The van der Waals surface area contributed by atoms with Crippen molar-refractivity contribution in [2.45, 2.75) is 111 Å². The van der Waals surface area contributed by atoms with Crippen LogP contribution in [0.2, 0.25) is 0 Å². The van der Waals surface area contributed by atoms with Crippen LogP contribution >= 0.6 is 0 Å². The number of hydrogen-bond acceptors (Lipinski definition) is 6. The van der Waals surface area contributed by atoms with Crippen molar-refractivity contribution in [2.75, 3.05) is 0 Å². The fourth-order valence-electron chi connectivity index (χ4n) is 13.2. The van der Waals surface area contributed by atoms with E-state index in [9.17, 15) is 0 Å². The Morgan fingerprint density at radius 1 is 0.158 bits per heavy atom.